The molecule has 21 heavy (non-hydrogen) atoms. The van der Waals surface area contributed by atoms with Crippen molar-refractivity contribution in [2.45, 2.75) is 6.54 Å². The summed E-state index contributed by atoms with van der Waals surface area (Å²) < 4.78 is 6.75. The maximum atomic E-state index is 10.8. The number of hydrogen-bond donors (Lipinski definition) is 1. The minimum Gasteiger partial charge on any atom is -0.480 e. The van der Waals surface area contributed by atoms with Gasteiger partial charge in [-0.2, -0.15) is 0 Å². The maximum absolute atomic E-state index is 10.8. The third-order valence-electron chi connectivity index (χ3n) is 2.84. The molecular weight excluding hydrogens is 334 g/mol. The molecular formula is C16H14BrNO3. The zero-order valence-electron chi connectivity index (χ0n) is 11.3. The molecule has 0 amide bonds. The molecule has 0 atom stereocenters. The summed E-state index contributed by atoms with van der Waals surface area (Å²) in [4.78, 5) is 12.4. The number of terminal acetylenes is 1. The van der Waals surface area contributed by atoms with Crippen molar-refractivity contribution >= 4 is 21.9 Å². The van der Waals surface area contributed by atoms with E-state index in [1.165, 1.54) is 0 Å². The Balaban J connectivity index is 2.10. The molecule has 0 bridgehead atoms. The summed E-state index contributed by atoms with van der Waals surface area (Å²) in [6.07, 6.45) is 5.25. The van der Waals surface area contributed by atoms with Crippen molar-refractivity contribution in [3.63, 3.8) is 0 Å². The summed E-state index contributed by atoms with van der Waals surface area (Å²) in [5, 5.41) is 8.85. The molecule has 0 spiro atoms. The molecule has 4 nitrogen and oxygen atoms in total. The molecule has 5 heteroatoms. The van der Waals surface area contributed by atoms with Crippen LogP contribution < -0.4 is 0 Å². The van der Waals surface area contributed by atoms with E-state index in [1.807, 2.05) is 36.4 Å². The van der Waals surface area contributed by atoms with E-state index < -0.39 is 5.97 Å². The van der Waals surface area contributed by atoms with Crippen LogP contribution in [0.3, 0.4) is 0 Å². The highest BCUT2D eigenvalue weighted by atomic mass is 79.9. The van der Waals surface area contributed by atoms with Crippen LogP contribution >= 0.6 is 15.9 Å². The molecule has 1 aromatic heterocycles. The Labute approximate surface area is 131 Å². The van der Waals surface area contributed by atoms with Crippen LogP contribution in [0.4, 0.5) is 0 Å². The van der Waals surface area contributed by atoms with E-state index in [4.69, 9.17) is 15.9 Å². The molecule has 0 saturated heterocycles. The highest BCUT2D eigenvalue weighted by Crippen LogP contribution is 2.24. The summed E-state index contributed by atoms with van der Waals surface area (Å²) in [5.74, 6) is 2.97. The lowest BCUT2D eigenvalue weighted by molar-refractivity contribution is -0.138. The topological polar surface area (TPSA) is 53.7 Å². The summed E-state index contributed by atoms with van der Waals surface area (Å²) in [5.41, 5.74) is 0.964. The fourth-order valence-electron chi connectivity index (χ4n) is 1.94. The summed E-state index contributed by atoms with van der Waals surface area (Å²) in [6.45, 7) is 0.520. The quantitative estimate of drug-likeness (QED) is 0.815. The molecule has 0 radical (unpaired) electrons. The van der Waals surface area contributed by atoms with E-state index in [1.54, 1.807) is 4.90 Å². The van der Waals surface area contributed by atoms with Gasteiger partial charge >= 0.3 is 5.97 Å². The van der Waals surface area contributed by atoms with Gasteiger partial charge in [0, 0.05) is 10.0 Å². The number of carboxylic acids is 1. The van der Waals surface area contributed by atoms with Crippen LogP contribution in [0.25, 0.3) is 11.3 Å². The Morgan fingerprint density at radius 3 is 2.62 bits per heavy atom. The van der Waals surface area contributed by atoms with Gasteiger partial charge in [-0.1, -0.05) is 34.0 Å². The molecule has 0 saturated carbocycles. The standard InChI is InChI=1S/C16H14BrNO3/c1-2-9-18(11-16(19)20)10-14-7-8-15(21-14)12-3-5-13(17)6-4-12/h1,3-8H,9-11H2,(H,19,20). The maximum Gasteiger partial charge on any atom is 0.317 e. The van der Waals surface area contributed by atoms with Crippen molar-refractivity contribution < 1.29 is 14.3 Å². The average molecular weight is 348 g/mol. The molecule has 1 N–H and O–H groups in total. The van der Waals surface area contributed by atoms with E-state index >= 15 is 0 Å². The highest BCUT2D eigenvalue weighted by Gasteiger charge is 2.12. The van der Waals surface area contributed by atoms with Gasteiger partial charge in [-0.05, 0) is 24.3 Å². The van der Waals surface area contributed by atoms with Gasteiger partial charge in [-0.15, -0.1) is 6.42 Å². The van der Waals surface area contributed by atoms with Gasteiger partial charge in [0.2, 0.25) is 0 Å². The first kappa shape index (κ1) is 15.4. The Kier molecular flexibility index (Phi) is 5.20. The van der Waals surface area contributed by atoms with Crippen LogP contribution in [0.1, 0.15) is 5.76 Å². The number of benzene rings is 1. The van der Waals surface area contributed by atoms with Crippen molar-refractivity contribution in [2.24, 2.45) is 0 Å². The summed E-state index contributed by atoms with van der Waals surface area (Å²) >= 11 is 3.38. The van der Waals surface area contributed by atoms with E-state index in [9.17, 15) is 4.79 Å². The minimum atomic E-state index is -0.912. The van der Waals surface area contributed by atoms with E-state index in [-0.39, 0.29) is 13.1 Å². The number of aliphatic carboxylic acids is 1. The van der Waals surface area contributed by atoms with Crippen LogP contribution in [-0.4, -0.2) is 29.1 Å². The highest BCUT2D eigenvalue weighted by molar-refractivity contribution is 9.10. The average Bonchev–Trinajstić information content (AvgIpc) is 2.87. The van der Waals surface area contributed by atoms with Crippen LogP contribution in [0, 0.1) is 12.3 Å². The third-order valence-corrected chi connectivity index (χ3v) is 3.37. The van der Waals surface area contributed by atoms with E-state index in [0.29, 0.717) is 12.3 Å². The lowest BCUT2D eigenvalue weighted by Crippen LogP contribution is -2.29. The first-order valence-electron chi connectivity index (χ1n) is 6.31. The van der Waals surface area contributed by atoms with Crippen LogP contribution in [0.5, 0.6) is 0 Å². The third kappa shape index (κ3) is 4.48. The van der Waals surface area contributed by atoms with E-state index in [0.717, 1.165) is 15.8 Å². The van der Waals surface area contributed by atoms with Crippen molar-refractivity contribution in [3.8, 4) is 23.7 Å². The van der Waals surface area contributed by atoms with Gasteiger partial charge in [0.15, 0.2) is 0 Å². The van der Waals surface area contributed by atoms with Gasteiger partial charge in [-0.3, -0.25) is 9.69 Å². The number of carboxylic acid groups (broad SMARTS) is 1. The molecule has 2 rings (SSSR count). The molecule has 0 aliphatic carbocycles. The fourth-order valence-corrected chi connectivity index (χ4v) is 2.21. The van der Waals surface area contributed by atoms with Gasteiger partial charge < -0.3 is 9.52 Å². The molecule has 108 valence electrons. The van der Waals surface area contributed by atoms with Gasteiger partial charge in [0.05, 0.1) is 19.6 Å². The number of furan rings is 1. The largest absolute Gasteiger partial charge is 0.480 e. The second-order valence-electron chi connectivity index (χ2n) is 4.52. The van der Waals surface area contributed by atoms with Gasteiger partial charge in [0.25, 0.3) is 0 Å². The predicted octanol–water partition coefficient (Wildman–Crippen LogP) is 3.23. The van der Waals surface area contributed by atoms with E-state index in [2.05, 4.69) is 21.9 Å². The van der Waals surface area contributed by atoms with Crippen molar-refractivity contribution in [2.75, 3.05) is 13.1 Å². The molecule has 2 aromatic rings. The number of nitrogens with zero attached hydrogens (tertiary/aromatic N) is 1. The van der Waals surface area contributed by atoms with Gasteiger partial charge in [-0.25, -0.2) is 0 Å². The number of rotatable bonds is 6. The molecule has 1 aromatic carbocycles. The fraction of sp³-hybridized carbons (Fsp3) is 0.188. The summed E-state index contributed by atoms with van der Waals surface area (Å²) in [6, 6.07) is 11.5. The number of hydrogen-bond acceptors (Lipinski definition) is 3. The molecule has 0 aliphatic heterocycles. The monoisotopic (exact) mass is 347 g/mol. The minimum absolute atomic E-state index is 0.113. The predicted molar refractivity (Wildman–Crippen MR) is 83.6 cm³/mol. The number of halogens is 1. The van der Waals surface area contributed by atoms with Crippen LogP contribution in [-0.2, 0) is 11.3 Å². The van der Waals surface area contributed by atoms with Gasteiger partial charge in [0.1, 0.15) is 11.5 Å². The summed E-state index contributed by atoms with van der Waals surface area (Å²) in [7, 11) is 0. The SMILES string of the molecule is C#CCN(CC(=O)O)Cc1ccc(-c2ccc(Br)cc2)o1. The first-order valence-corrected chi connectivity index (χ1v) is 7.10. The molecule has 0 fully saturated rings. The second kappa shape index (κ2) is 7.11. The first-order chi connectivity index (χ1) is 10.1. The smallest absolute Gasteiger partial charge is 0.317 e. The second-order valence-corrected chi connectivity index (χ2v) is 5.43. The van der Waals surface area contributed by atoms with Crippen molar-refractivity contribution in [1.82, 2.24) is 4.90 Å². The Hall–Kier alpha value is -2.03. The lowest BCUT2D eigenvalue weighted by atomic mass is 10.2. The Morgan fingerprint density at radius 1 is 1.29 bits per heavy atom. The molecule has 0 aliphatic rings. The zero-order chi connectivity index (χ0) is 15.2. The van der Waals surface area contributed by atoms with Crippen LogP contribution in [0.2, 0.25) is 0 Å². The normalized spacial score (nSPS) is 10.5. The molecule has 1 heterocycles. The Bertz CT molecular complexity index is 655. The molecule has 0 unspecified atom stereocenters. The number of carbonyl (C=O) groups is 1. The lowest BCUT2D eigenvalue weighted by Gasteiger charge is -2.15. The van der Waals surface area contributed by atoms with Crippen molar-refractivity contribution in [1.29, 1.82) is 0 Å². The zero-order valence-corrected chi connectivity index (χ0v) is 12.8. The van der Waals surface area contributed by atoms with Crippen molar-refractivity contribution in [3.05, 3.63) is 46.6 Å². The Morgan fingerprint density at radius 2 is 2.00 bits per heavy atom. The van der Waals surface area contributed by atoms with Crippen LogP contribution in [0.15, 0.2) is 45.3 Å².